The van der Waals surface area contributed by atoms with Crippen LogP contribution in [0.2, 0.25) is 0 Å². The third-order valence-corrected chi connectivity index (χ3v) is 2.96. The molecular weight excluding hydrogens is 248 g/mol. The monoisotopic (exact) mass is 264 g/mol. The average Bonchev–Trinajstić information content (AvgIpc) is 2.35. The molecule has 0 saturated carbocycles. The van der Waals surface area contributed by atoms with Crippen molar-refractivity contribution < 1.29 is 19.4 Å². The average molecular weight is 264 g/mol. The van der Waals surface area contributed by atoms with E-state index in [9.17, 15) is 14.7 Å². The van der Waals surface area contributed by atoms with Crippen molar-refractivity contribution in [3.63, 3.8) is 0 Å². The van der Waals surface area contributed by atoms with Gasteiger partial charge in [0.2, 0.25) is 6.23 Å². The van der Waals surface area contributed by atoms with Crippen LogP contribution in [0.15, 0.2) is 24.5 Å². The van der Waals surface area contributed by atoms with Crippen molar-refractivity contribution >= 4 is 12.1 Å². The summed E-state index contributed by atoms with van der Waals surface area (Å²) in [6.45, 7) is 3.83. The van der Waals surface area contributed by atoms with Gasteiger partial charge in [0.1, 0.15) is 6.04 Å². The lowest BCUT2D eigenvalue weighted by atomic mass is 10.0. The first-order valence-corrected chi connectivity index (χ1v) is 6.12. The van der Waals surface area contributed by atoms with Crippen molar-refractivity contribution in [2.24, 2.45) is 5.92 Å². The van der Waals surface area contributed by atoms with Gasteiger partial charge in [-0.15, -0.1) is 0 Å². The highest BCUT2D eigenvalue weighted by molar-refractivity contribution is 5.83. The number of cyclic esters (lactones) is 1. The minimum atomic E-state index is -1.01. The predicted molar refractivity (Wildman–Crippen MR) is 66.2 cm³/mol. The van der Waals surface area contributed by atoms with Gasteiger partial charge < -0.3 is 9.84 Å². The number of carboxylic acids is 1. The maximum absolute atomic E-state index is 11.6. The van der Waals surface area contributed by atoms with Crippen LogP contribution in [-0.4, -0.2) is 33.1 Å². The molecule has 0 bridgehead atoms. The summed E-state index contributed by atoms with van der Waals surface area (Å²) in [4.78, 5) is 28.1. The largest absolute Gasteiger partial charge is 0.480 e. The number of carboxylic acid groups (broad SMARTS) is 1. The molecule has 6 nitrogen and oxygen atoms in total. The number of carbonyl (C=O) groups is 2. The Hall–Kier alpha value is -2.11. The van der Waals surface area contributed by atoms with Gasteiger partial charge in [-0.3, -0.25) is 9.88 Å². The number of pyridine rings is 1. The van der Waals surface area contributed by atoms with E-state index in [-0.39, 0.29) is 5.92 Å². The van der Waals surface area contributed by atoms with Crippen molar-refractivity contribution in [3.05, 3.63) is 30.1 Å². The Morgan fingerprint density at radius 3 is 2.79 bits per heavy atom. The van der Waals surface area contributed by atoms with Gasteiger partial charge in [-0.25, -0.2) is 9.59 Å². The normalized spacial score (nSPS) is 19.8. The summed E-state index contributed by atoms with van der Waals surface area (Å²) in [5, 5.41) is 9.27. The second kappa shape index (κ2) is 5.26. The van der Waals surface area contributed by atoms with Crippen molar-refractivity contribution in [2.75, 3.05) is 0 Å². The number of rotatable bonds is 5. The van der Waals surface area contributed by atoms with E-state index in [0.29, 0.717) is 12.0 Å². The van der Waals surface area contributed by atoms with Crippen LogP contribution in [0.1, 0.15) is 32.1 Å². The third kappa shape index (κ3) is 2.67. The Bertz CT molecular complexity index is 475. The molecule has 1 N–H and O–H groups in total. The fourth-order valence-corrected chi connectivity index (χ4v) is 2.08. The maximum Gasteiger partial charge on any atom is 0.415 e. The molecule has 2 rings (SSSR count). The molecule has 0 aliphatic carbocycles. The summed E-state index contributed by atoms with van der Waals surface area (Å²) in [5.41, 5.74) is 0.678. The second-order valence-corrected chi connectivity index (χ2v) is 4.91. The summed E-state index contributed by atoms with van der Waals surface area (Å²) in [6, 6.07) is 2.61. The van der Waals surface area contributed by atoms with E-state index >= 15 is 0 Å². The lowest BCUT2D eigenvalue weighted by Crippen LogP contribution is -2.56. The van der Waals surface area contributed by atoms with Gasteiger partial charge in [-0.05, 0) is 18.4 Å². The van der Waals surface area contributed by atoms with Crippen LogP contribution in [0, 0.1) is 5.92 Å². The van der Waals surface area contributed by atoms with Gasteiger partial charge in [-0.1, -0.05) is 19.9 Å². The number of carbonyl (C=O) groups excluding carboxylic acids is 1. The Labute approximate surface area is 111 Å². The Morgan fingerprint density at radius 2 is 2.32 bits per heavy atom. The van der Waals surface area contributed by atoms with Crippen molar-refractivity contribution in [1.82, 2.24) is 9.88 Å². The Balaban J connectivity index is 2.20. The van der Waals surface area contributed by atoms with Crippen molar-refractivity contribution in [3.8, 4) is 0 Å². The predicted octanol–water partition coefficient (Wildman–Crippen LogP) is 2.03. The zero-order chi connectivity index (χ0) is 14.0. The highest BCUT2D eigenvalue weighted by Gasteiger charge is 2.47. The quantitative estimate of drug-likeness (QED) is 0.880. The standard InChI is InChI=1S/C13H16N2O4/c1-8(2)6-10(12(16)17)15-11(19-13(15)18)9-4-3-5-14-7-9/h3-5,7-8,10-11H,6H2,1-2H3,(H,16,17)/t10-,11?/m0/s1. The van der Waals surface area contributed by atoms with E-state index in [0.717, 1.165) is 0 Å². The highest BCUT2D eigenvalue weighted by Crippen LogP contribution is 2.35. The summed E-state index contributed by atoms with van der Waals surface area (Å²) in [5.74, 6) is -0.844. The van der Waals surface area contributed by atoms with E-state index in [2.05, 4.69) is 4.98 Å². The molecule has 2 heterocycles. The van der Waals surface area contributed by atoms with Crippen molar-refractivity contribution in [1.29, 1.82) is 0 Å². The summed E-state index contributed by atoms with van der Waals surface area (Å²) < 4.78 is 5.03. The third-order valence-electron chi connectivity index (χ3n) is 2.96. The summed E-state index contributed by atoms with van der Waals surface area (Å²) >= 11 is 0. The number of ether oxygens (including phenoxy) is 1. The van der Waals surface area contributed by atoms with Gasteiger partial charge in [0, 0.05) is 18.0 Å². The van der Waals surface area contributed by atoms with E-state index in [1.807, 2.05) is 13.8 Å². The molecule has 2 atom stereocenters. The first kappa shape index (κ1) is 13.3. The number of hydrogen-bond acceptors (Lipinski definition) is 4. The molecule has 0 spiro atoms. The summed E-state index contributed by atoms with van der Waals surface area (Å²) in [7, 11) is 0. The lowest BCUT2D eigenvalue weighted by Gasteiger charge is -2.43. The van der Waals surface area contributed by atoms with E-state index in [1.165, 1.54) is 4.90 Å². The molecule has 1 aromatic rings. The number of aromatic nitrogens is 1. The lowest BCUT2D eigenvalue weighted by molar-refractivity contribution is -0.162. The van der Waals surface area contributed by atoms with Crippen LogP contribution in [0.4, 0.5) is 4.79 Å². The van der Waals surface area contributed by atoms with E-state index < -0.39 is 24.3 Å². The van der Waals surface area contributed by atoms with Crippen LogP contribution in [0.3, 0.4) is 0 Å². The van der Waals surface area contributed by atoms with Gasteiger partial charge in [0.25, 0.3) is 0 Å². The SMILES string of the molecule is CC(C)C[C@@H](C(=O)O)N1C(=O)OC1c1cccnc1. The molecule has 1 amide bonds. The number of amides is 1. The second-order valence-electron chi connectivity index (χ2n) is 4.91. The number of aliphatic carboxylic acids is 1. The fourth-order valence-electron chi connectivity index (χ4n) is 2.08. The molecule has 1 aromatic heterocycles. The highest BCUT2D eigenvalue weighted by atomic mass is 16.6. The molecule has 1 fully saturated rings. The molecule has 1 saturated heterocycles. The van der Waals surface area contributed by atoms with E-state index in [1.54, 1.807) is 24.5 Å². The molecule has 0 radical (unpaired) electrons. The van der Waals surface area contributed by atoms with Crippen LogP contribution in [0.25, 0.3) is 0 Å². The van der Waals surface area contributed by atoms with Crippen LogP contribution in [0.5, 0.6) is 0 Å². The topological polar surface area (TPSA) is 79.7 Å². The number of hydrogen-bond donors (Lipinski definition) is 1. The maximum atomic E-state index is 11.6. The molecule has 6 heteroatoms. The molecule has 19 heavy (non-hydrogen) atoms. The number of nitrogens with zero attached hydrogens (tertiary/aromatic N) is 2. The van der Waals surface area contributed by atoms with Crippen LogP contribution >= 0.6 is 0 Å². The molecular formula is C13H16N2O4. The minimum absolute atomic E-state index is 0.170. The van der Waals surface area contributed by atoms with Gasteiger partial charge in [-0.2, -0.15) is 0 Å². The zero-order valence-corrected chi connectivity index (χ0v) is 10.8. The minimum Gasteiger partial charge on any atom is -0.480 e. The Morgan fingerprint density at radius 1 is 1.58 bits per heavy atom. The summed E-state index contributed by atoms with van der Waals surface area (Å²) in [6.07, 6.45) is 2.32. The molecule has 1 aliphatic heterocycles. The van der Waals surface area contributed by atoms with Gasteiger partial charge in [0.05, 0.1) is 0 Å². The smallest absolute Gasteiger partial charge is 0.415 e. The molecule has 1 aliphatic rings. The molecule has 102 valence electrons. The zero-order valence-electron chi connectivity index (χ0n) is 10.8. The van der Waals surface area contributed by atoms with Gasteiger partial charge in [0.15, 0.2) is 0 Å². The fraction of sp³-hybridized carbons (Fsp3) is 0.462. The Kier molecular flexibility index (Phi) is 3.69. The molecule has 1 unspecified atom stereocenters. The first-order chi connectivity index (χ1) is 9.00. The van der Waals surface area contributed by atoms with Gasteiger partial charge >= 0.3 is 12.1 Å². The molecule has 0 aromatic carbocycles. The van der Waals surface area contributed by atoms with Crippen molar-refractivity contribution in [2.45, 2.75) is 32.5 Å². The first-order valence-electron chi connectivity index (χ1n) is 6.12. The van der Waals surface area contributed by atoms with E-state index in [4.69, 9.17) is 4.74 Å². The van der Waals surface area contributed by atoms with Crippen LogP contribution < -0.4 is 0 Å². The van der Waals surface area contributed by atoms with Crippen LogP contribution in [-0.2, 0) is 9.53 Å².